The highest BCUT2D eigenvalue weighted by molar-refractivity contribution is 5.91. The van der Waals surface area contributed by atoms with Crippen molar-refractivity contribution in [3.63, 3.8) is 0 Å². The third-order valence-corrected chi connectivity index (χ3v) is 1.81. The molecule has 80 valence electrons. The normalized spacial score (nSPS) is 9.80. The van der Waals surface area contributed by atoms with Gasteiger partial charge < -0.3 is 5.32 Å². The van der Waals surface area contributed by atoms with E-state index in [-0.39, 0.29) is 5.69 Å². The number of carbonyl (C=O) groups excluding carboxylic acids is 1. The smallest absolute Gasteiger partial charge is 0.298 e. The molecule has 0 heterocycles. The van der Waals surface area contributed by atoms with Gasteiger partial charge in [0, 0.05) is 12.5 Å². The zero-order valence-electron chi connectivity index (χ0n) is 8.20. The second-order valence-corrected chi connectivity index (χ2v) is 3.03. The number of nitro groups is 1. The summed E-state index contributed by atoms with van der Waals surface area (Å²) in [5, 5.41) is 12.8. The Morgan fingerprint density at radius 3 is 2.60 bits per heavy atom. The molecule has 5 nitrogen and oxygen atoms in total. The van der Waals surface area contributed by atoms with Gasteiger partial charge in [-0.1, -0.05) is 0 Å². The van der Waals surface area contributed by atoms with Crippen LogP contribution in [0.15, 0.2) is 12.1 Å². The highest BCUT2D eigenvalue weighted by Crippen LogP contribution is 2.30. The number of benzene rings is 1. The van der Waals surface area contributed by atoms with E-state index >= 15 is 0 Å². The summed E-state index contributed by atoms with van der Waals surface area (Å²) in [6, 6.07) is 2.37. The lowest BCUT2D eigenvalue weighted by Crippen LogP contribution is -2.10. The number of nitrogens with one attached hydrogen (secondary N) is 1. The zero-order valence-corrected chi connectivity index (χ0v) is 8.20. The van der Waals surface area contributed by atoms with E-state index < -0.39 is 22.3 Å². The second kappa shape index (κ2) is 4.04. The Kier molecular flexibility index (Phi) is 2.99. The summed E-state index contributed by atoms with van der Waals surface area (Å²) in [5.41, 5.74) is -0.497. The van der Waals surface area contributed by atoms with Crippen molar-refractivity contribution >= 4 is 17.3 Å². The zero-order chi connectivity index (χ0) is 11.6. The summed E-state index contributed by atoms with van der Waals surface area (Å²) in [6.07, 6.45) is 0. The first kappa shape index (κ1) is 11.1. The molecule has 0 aliphatic rings. The predicted octanol–water partition coefficient (Wildman–Crippen LogP) is 2.00. The summed E-state index contributed by atoms with van der Waals surface area (Å²) < 4.78 is 13.2. The number of anilines is 1. The van der Waals surface area contributed by atoms with Crippen molar-refractivity contribution in [1.29, 1.82) is 0 Å². The lowest BCUT2D eigenvalue weighted by molar-refractivity contribution is -0.384. The van der Waals surface area contributed by atoms with E-state index in [1.54, 1.807) is 0 Å². The summed E-state index contributed by atoms with van der Waals surface area (Å²) in [6.45, 7) is 2.63. The molecule has 15 heavy (non-hydrogen) atoms. The Hall–Kier alpha value is -1.98. The van der Waals surface area contributed by atoms with E-state index in [0.29, 0.717) is 5.56 Å². The van der Waals surface area contributed by atoms with Gasteiger partial charge in [0.15, 0.2) is 11.5 Å². The van der Waals surface area contributed by atoms with Crippen LogP contribution in [0.2, 0.25) is 0 Å². The number of nitro benzene ring substituents is 1. The molecule has 0 bridgehead atoms. The highest BCUT2D eigenvalue weighted by Gasteiger charge is 2.21. The maximum Gasteiger partial charge on any atom is 0.298 e. The first-order valence-electron chi connectivity index (χ1n) is 4.14. The molecule has 1 N–H and O–H groups in total. The van der Waals surface area contributed by atoms with Crippen molar-refractivity contribution in [3.8, 4) is 0 Å². The third-order valence-electron chi connectivity index (χ3n) is 1.81. The second-order valence-electron chi connectivity index (χ2n) is 3.03. The molecule has 0 fully saturated rings. The van der Waals surface area contributed by atoms with Crippen LogP contribution in [0.3, 0.4) is 0 Å². The molecule has 0 aliphatic heterocycles. The summed E-state index contributed by atoms with van der Waals surface area (Å²) in [4.78, 5) is 20.7. The SMILES string of the molecule is CC(=O)Nc1c(F)ccc(C)c1[N+](=O)[O-]. The van der Waals surface area contributed by atoms with E-state index in [1.165, 1.54) is 13.0 Å². The van der Waals surface area contributed by atoms with Crippen LogP contribution in [-0.4, -0.2) is 10.8 Å². The van der Waals surface area contributed by atoms with Crippen LogP contribution >= 0.6 is 0 Å². The van der Waals surface area contributed by atoms with Crippen molar-refractivity contribution < 1.29 is 14.1 Å². The predicted molar refractivity (Wildman–Crippen MR) is 52.1 cm³/mol. The summed E-state index contributed by atoms with van der Waals surface area (Å²) in [7, 11) is 0. The highest BCUT2D eigenvalue weighted by atomic mass is 19.1. The van der Waals surface area contributed by atoms with Gasteiger partial charge in [-0.3, -0.25) is 14.9 Å². The van der Waals surface area contributed by atoms with Gasteiger partial charge in [0.05, 0.1) is 4.92 Å². The first-order valence-corrected chi connectivity index (χ1v) is 4.14. The van der Waals surface area contributed by atoms with Crippen LogP contribution in [0.25, 0.3) is 0 Å². The molecule has 1 amide bonds. The maximum absolute atomic E-state index is 13.2. The van der Waals surface area contributed by atoms with Crippen LogP contribution in [-0.2, 0) is 4.79 Å². The van der Waals surface area contributed by atoms with Crippen molar-refractivity contribution in [2.24, 2.45) is 0 Å². The number of carbonyl (C=O) groups is 1. The molecule has 1 aromatic rings. The average molecular weight is 212 g/mol. The quantitative estimate of drug-likeness (QED) is 0.601. The molecule has 0 aliphatic carbocycles. The van der Waals surface area contributed by atoms with Gasteiger partial charge in [-0.15, -0.1) is 0 Å². The first-order chi connectivity index (χ1) is 6.93. The van der Waals surface area contributed by atoms with E-state index in [4.69, 9.17) is 0 Å². The fourth-order valence-electron chi connectivity index (χ4n) is 1.20. The summed E-state index contributed by atoms with van der Waals surface area (Å²) in [5.74, 6) is -1.37. The minimum atomic E-state index is -0.817. The fourth-order valence-corrected chi connectivity index (χ4v) is 1.20. The van der Waals surface area contributed by atoms with Crippen molar-refractivity contribution in [2.45, 2.75) is 13.8 Å². The maximum atomic E-state index is 13.2. The Labute approximate surface area is 85.1 Å². The van der Waals surface area contributed by atoms with E-state index in [9.17, 15) is 19.3 Å². The molecule has 0 spiro atoms. The molecular weight excluding hydrogens is 203 g/mol. The molecule has 0 aromatic heterocycles. The van der Waals surface area contributed by atoms with Crippen LogP contribution in [0.1, 0.15) is 12.5 Å². The summed E-state index contributed by atoms with van der Waals surface area (Å²) >= 11 is 0. The minimum Gasteiger partial charge on any atom is -0.318 e. The van der Waals surface area contributed by atoms with Gasteiger partial charge in [0.25, 0.3) is 5.69 Å². The largest absolute Gasteiger partial charge is 0.318 e. The Morgan fingerprint density at radius 1 is 1.53 bits per heavy atom. The standard InChI is InChI=1S/C9H9FN2O3/c1-5-3-4-7(10)8(11-6(2)13)9(5)12(14)15/h3-4H,1-2H3,(H,11,13). The number of hydrogen-bond donors (Lipinski definition) is 1. The van der Waals surface area contributed by atoms with Gasteiger partial charge in [-0.2, -0.15) is 0 Å². The Bertz CT molecular complexity index is 432. The van der Waals surface area contributed by atoms with Crippen molar-refractivity contribution in [2.75, 3.05) is 5.32 Å². The van der Waals surface area contributed by atoms with Crippen LogP contribution in [0, 0.1) is 22.9 Å². The molecule has 1 aromatic carbocycles. The van der Waals surface area contributed by atoms with Crippen LogP contribution in [0.5, 0.6) is 0 Å². The molecule has 1 rings (SSSR count). The number of halogens is 1. The average Bonchev–Trinajstić information content (AvgIpc) is 2.10. The topological polar surface area (TPSA) is 72.2 Å². The molecule has 0 saturated heterocycles. The van der Waals surface area contributed by atoms with Crippen molar-refractivity contribution in [1.82, 2.24) is 0 Å². The molecule has 6 heteroatoms. The van der Waals surface area contributed by atoms with E-state index in [0.717, 1.165) is 13.0 Å². The Morgan fingerprint density at radius 2 is 2.13 bits per heavy atom. The molecule has 0 atom stereocenters. The number of amides is 1. The van der Waals surface area contributed by atoms with Gasteiger partial charge in [0.1, 0.15) is 0 Å². The number of aryl methyl sites for hydroxylation is 1. The molecule has 0 unspecified atom stereocenters. The van der Waals surface area contributed by atoms with Gasteiger partial charge in [0.2, 0.25) is 5.91 Å². The van der Waals surface area contributed by atoms with E-state index in [2.05, 4.69) is 5.32 Å². The fraction of sp³-hybridized carbons (Fsp3) is 0.222. The Balaban J connectivity index is 3.38. The van der Waals surface area contributed by atoms with Crippen LogP contribution in [0.4, 0.5) is 15.8 Å². The number of hydrogen-bond acceptors (Lipinski definition) is 3. The lowest BCUT2D eigenvalue weighted by atomic mass is 10.1. The number of nitrogens with zero attached hydrogens (tertiary/aromatic N) is 1. The number of rotatable bonds is 2. The lowest BCUT2D eigenvalue weighted by Gasteiger charge is -2.06. The molecular formula is C9H9FN2O3. The molecule has 0 saturated carbocycles. The van der Waals surface area contributed by atoms with Gasteiger partial charge in [-0.25, -0.2) is 4.39 Å². The van der Waals surface area contributed by atoms with Gasteiger partial charge >= 0.3 is 0 Å². The van der Waals surface area contributed by atoms with Crippen molar-refractivity contribution in [3.05, 3.63) is 33.6 Å². The molecule has 0 radical (unpaired) electrons. The minimum absolute atomic E-state index is 0.296. The van der Waals surface area contributed by atoms with Crippen LogP contribution < -0.4 is 5.32 Å². The third kappa shape index (κ3) is 2.28. The van der Waals surface area contributed by atoms with Gasteiger partial charge in [-0.05, 0) is 19.1 Å². The van der Waals surface area contributed by atoms with E-state index in [1.807, 2.05) is 0 Å². The monoisotopic (exact) mass is 212 g/mol.